The van der Waals surface area contributed by atoms with Crippen LogP contribution in [0.25, 0.3) is 5.70 Å². The van der Waals surface area contributed by atoms with Gasteiger partial charge in [-0.1, -0.05) is 12.1 Å². The molecule has 1 amide bonds. The van der Waals surface area contributed by atoms with Gasteiger partial charge in [-0.25, -0.2) is 0 Å². The highest BCUT2D eigenvalue weighted by Gasteiger charge is 2.39. The van der Waals surface area contributed by atoms with E-state index >= 15 is 0 Å². The predicted octanol–water partition coefficient (Wildman–Crippen LogP) is 1.36. The van der Waals surface area contributed by atoms with Gasteiger partial charge in [-0.15, -0.1) is 0 Å². The lowest BCUT2D eigenvalue weighted by atomic mass is 10.0. The van der Waals surface area contributed by atoms with E-state index in [2.05, 4.69) is 0 Å². The Labute approximate surface area is 102 Å². The molecule has 0 fully saturated rings. The first-order chi connectivity index (χ1) is 8.59. The van der Waals surface area contributed by atoms with E-state index in [1.165, 1.54) is 23.1 Å². The summed E-state index contributed by atoms with van der Waals surface area (Å²) in [7, 11) is 0. The van der Waals surface area contributed by atoms with Crippen molar-refractivity contribution in [3.8, 4) is 0 Å². The number of nitro groups is 1. The SMILES string of the molecule is O=C1C=C2c3cccc([N+](=O)[O-])c3C(=O)N2CC1. The molecular weight excluding hydrogens is 236 g/mol. The van der Waals surface area contributed by atoms with E-state index in [-0.39, 0.29) is 30.0 Å². The van der Waals surface area contributed by atoms with Gasteiger partial charge >= 0.3 is 0 Å². The topological polar surface area (TPSA) is 80.5 Å². The Balaban J connectivity index is 2.27. The van der Waals surface area contributed by atoms with Crippen LogP contribution in [0, 0.1) is 10.1 Å². The maximum Gasteiger partial charge on any atom is 0.282 e. The Kier molecular flexibility index (Phi) is 2.07. The summed E-state index contributed by atoms with van der Waals surface area (Å²) in [4.78, 5) is 35.3. The molecule has 0 bridgehead atoms. The molecule has 2 aliphatic rings. The van der Waals surface area contributed by atoms with Gasteiger partial charge in [0.1, 0.15) is 5.56 Å². The number of amides is 1. The van der Waals surface area contributed by atoms with Crippen molar-refractivity contribution in [2.75, 3.05) is 6.54 Å². The van der Waals surface area contributed by atoms with Crippen LogP contribution >= 0.6 is 0 Å². The number of rotatable bonds is 1. The van der Waals surface area contributed by atoms with Gasteiger partial charge < -0.3 is 4.90 Å². The highest BCUT2D eigenvalue weighted by Crippen LogP contribution is 2.39. The molecule has 90 valence electrons. The lowest BCUT2D eigenvalue weighted by Gasteiger charge is -2.21. The summed E-state index contributed by atoms with van der Waals surface area (Å²) in [6, 6.07) is 4.45. The molecule has 6 heteroatoms. The number of fused-ring (bicyclic) bond motifs is 3. The summed E-state index contributed by atoms with van der Waals surface area (Å²) in [6.45, 7) is 0.287. The molecule has 1 aromatic rings. The molecule has 6 nitrogen and oxygen atoms in total. The van der Waals surface area contributed by atoms with E-state index in [1.54, 1.807) is 6.07 Å². The molecule has 1 aromatic carbocycles. The zero-order chi connectivity index (χ0) is 12.9. The van der Waals surface area contributed by atoms with Crippen LogP contribution in [0.1, 0.15) is 22.3 Å². The summed E-state index contributed by atoms with van der Waals surface area (Å²) in [5.41, 5.74) is 0.834. The van der Waals surface area contributed by atoms with Crippen LogP contribution in [0.5, 0.6) is 0 Å². The zero-order valence-corrected chi connectivity index (χ0v) is 9.25. The quantitative estimate of drug-likeness (QED) is 0.551. The number of carbonyl (C=O) groups excluding carboxylic acids is 2. The molecule has 0 saturated heterocycles. The maximum absolute atomic E-state index is 12.1. The molecule has 3 rings (SSSR count). The summed E-state index contributed by atoms with van der Waals surface area (Å²) in [6.07, 6.45) is 1.65. The van der Waals surface area contributed by atoms with Gasteiger partial charge in [-0.3, -0.25) is 19.7 Å². The van der Waals surface area contributed by atoms with Crippen molar-refractivity contribution >= 4 is 23.1 Å². The average Bonchev–Trinajstić information content (AvgIpc) is 2.63. The fourth-order valence-corrected chi connectivity index (χ4v) is 2.34. The molecule has 0 unspecified atom stereocenters. The zero-order valence-electron chi connectivity index (χ0n) is 9.25. The van der Waals surface area contributed by atoms with Crippen LogP contribution in [0.4, 0.5) is 5.69 Å². The second-order valence-corrected chi connectivity index (χ2v) is 4.16. The molecular formula is C12H8N2O4. The third-order valence-corrected chi connectivity index (χ3v) is 3.14. The summed E-state index contributed by atoms with van der Waals surface area (Å²) < 4.78 is 0. The average molecular weight is 244 g/mol. The minimum atomic E-state index is -0.572. The largest absolute Gasteiger partial charge is 0.307 e. The van der Waals surface area contributed by atoms with Crippen LogP contribution in [0.15, 0.2) is 24.3 Å². The second-order valence-electron chi connectivity index (χ2n) is 4.16. The Morgan fingerprint density at radius 3 is 2.78 bits per heavy atom. The molecule has 2 aliphatic heterocycles. The number of hydrogen-bond acceptors (Lipinski definition) is 4. The molecule has 18 heavy (non-hydrogen) atoms. The Morgan fingerprint density at radius 2 is 2.06 bits per heavy atom. The van der Waals surface area contributed by atoms with Crippen LogP contribution in [0.3, 0.4) is 0 Å². The Bertz CT molecular complexity index is 633. The fourth-order valence-electron chi connectivity index (χ4n) is 2.34. The number of hydrogen-bond donors (Lipinski definition) is 0. The molecule has 0 radical (unpaired) electrons. The summed E-state index contributed by atoms with van der Waals surface area (Å²) in [5.74, 6) is -0.454. The molecule has 0 spiro atoms. The lowest BCUT2D eigenvalue weighted by Crippen LogP contribution is -2.29. The van der Waals surface area contributed by atoms with Crippen LogP contribution in [0.2, 0.25) is 0 Å². The van der Waals surface area contributed by atoms with Crippen molar-refractivity contribution < 1.29 is 14.5 Å². The van der Waals surface area contributed by atoms with E-state index < -0.39 is 10.8 Å². The van der Waals surface area contributed by atoms with Crippen molar-refractivity contribution in [3.63, 3.8) is 0 Å². The van der Waals surface area contributed by atoms with Crippen molar-refractivity contribution in [1.82, 2.24) is 4.90 Å². The van der Waals surface area contributed by atoms with E-state index in [9.17, 15) is 19.7 Å². The van der Waals surface area contributed by atoms with Gasteiger partial charge in [-0.2, -0.15) is 0 Å². The molecule has 0 aromatic heterocycles. The Hall–Kier alpha value is -2.50. The molecule has 0 aliphatic carbocycles. The Morgan fingerprint density at radius 1 is 1.28 bits per heavy atom. The normalized spacial score (nSPS) is 17.3. The van der Waals surface area contributed by atoms with E-state index in [0.29, 0.717) is 11.3 Å². The van der Waals surface area contributed by atoms with Crippen LogP contribution in [-0.4, -0.2) is 28.1 Å². The monoisotopic (exact) mass is 244 g/mol. The van der Waals surface area contributed by atoms with Crippen LogP contribution < -0.4 is 0 Å². The predicted molar refractivity (Wildman–Crippen MR) is 61.7 cm³/mol. The van der Waals surface area contributed by atoms with Gasteiger partial charge in [0, 0.05) is 30.7 Å². The first kappa shape index (κ1) is 10.6. The first-order valence-corrected chi connectivity index (χ1v) is 5.44. The maximum atomic E-state index is 12.1. The molecule has 2 heterocycles. The van der Waals surface area contributed by atoms with Crippen molar-refractivity contribution in [1.29, 1.82) is 0 Å². The minimum Gasteiger partial charge on any atom is -0.307 e. The van der Waals surface area contributed by atoms with Crippen molar-refractivity contribution in [2.24, 2.45) is 0 Å². The lowest BCUT2D eigenvalue weighted by molar-refractivity contribution is -0.385. The third-order valence-electron chi connectivity index (χ3n) is 3.14. The van der Waals surface area contributed by atoms with E-state index in [1.807, 2.05) is 0 Å². The molecule has 0 saturated carbocycles. The highest BCUT2D eigenvalue weighted by atomic mass is 16.6. The third kappa shape index (κ3) is 1.29. The smallest absolute Gasteiger partial charge is 0.282 e. The number of carbonyl (C=O) groups is 2. The van der Waals surface area contributed by atoms with Crippen LogP contribution in [-0.2, 0) is 4.79 Å². The standard InChI is InChI=1S/C12H8N2O4/c15-7-4-5-13-10(6-7)8-2-1-3-9(14(17)18)11(8)12(13)16/h1-3,6H,4-5H2. The summed E-state index contributed by atoms with van der Waals surface area (Å²) in [5, 5.41) is 10.9. The van der Waals surface area contributed by atoms with Gasteiger partial charge in [0.2, 0.25) is 0 Å². The highest BCUT2D eigenvalue weighted by molar-refractivity contribution is 6.15. The number of nitrogens with zero attached hydrogens (tertiary/aromatic N) is 2. The van der Waals surface area contributed by atoms with Crippen molar-refractivity contribution in [3.05, 3.63) is 45.5 Å². The number of nitro benzene ring substituents is 1. The van der Waals surface area contributed by atoms with Gasteiger partial charge in [-0.05, 0) is 0 Å². The minimum absolute atomic E-state index is 0.0617. The number of allylic oxidation sites excluding steroid dienone is 1. The van der Waals surface area contributed by atoms with Gasteiger partial charge in [0.15, 0.2) is 5.78 Å². The van der Waals surface area contributed by atoms with Crippen molar-refractivity contribution in [2.45, 2.75) is 6.42 Å². The first-order valence-electron chi connectivity index (χ1n) is 5.44. The number of benzene rings is 1. The van der Waals surface area contributed by atoms with E-state index in [0.717, 1.165) is 0 Å². The van der Waals surface area contributed by atoms with E-state index in [4.69, 9.17) is 0 Å². The second kappa shape index (κ2) is 3.49. The molecule has 0 atom stereocenters. The fraction of sp³-hybridized carbons (Fsp3) is 0.167. The number of ketones is 1. The molecule has 0 N–H and O–H groups in total. The van der Waals surface area contributed by atoms with Gasteiger partial charge in [0.25, 0.3) is 11.6 Å². The van der Waals surface area contributed by atoms with Gasteiger partial charge in [0.05, 0.1) is 10.6 Å². The summed E-state index contributed by atoms with van der Waals surface area (Å²) >= 11 is 0.